The number of ether oxygens (including phenoxy) is 1. The van der Waals surface area contributed by atoms with Crippen LogP contribution in [0.5, 0.6) is 11.5 Å². The topological polar surface area (TPSA) is 55.5 Å². The minimum absolute atomic E-state index is 0.00910. The fourth-order valence-corrected chi connectivity index (χ4v) is 1.63. The molecule has 0 spiro atoms. The number of hydrogen-bond donors (Lipinski definition) is 2. The molecule has 2 aromatic carbocycles. The maximum Gasteiger partial charge on any atom is 0.198 e. The van der Waals surface area contributed by atoms with Crippen molar-refractivity contribution in [3.05, 3.63) is 59.7 Å². The SMILES string of the molecule is NC(CO)c1ccc(F)c(Oc2ccccc2)c1F. The van der Waals surface area contributed by atoms with Crippen molar-refractivity contribution in [1.82, 2.24) is 0 Å². The van der Waals surface area contributed by atoms with Crippen molar-refractivity contribution in [1.29, 1.82) is 0 Å². The Morgan fingerprint density at radius 3 is 2.42 bits per heavy atom. The van der Waals surface area contributed by atoms with Gasteiger partial charge >= 0.3 is 0 Å². The van der Waals surface area contributed by atoms with Gasteiger partial charge in [0.05, 0.1) is 12.6 Å². The van der Waals surface area contributed by atoms with Crippen LogP contribution in [0.2, 0.25) is 0 Å². The molecule has 0 saturated heterocycles. The van der Waals surface area contributed by atoms with E-state index in [1.165, 1.54) is 6.07 Å². The number of rotatable bonds is 4. The first-order valence-corrected chi connectivity index (χ1v) is 5.70. The van der Waals surface area contributed by atoms with E-state index in [2.05, 4.69) is 0 Å². The van der Waals surface area contributed by atoms with Crippen molar-refractivity contribution in [2.24, 2.45) is 5.73 Å². The minimum atomic E-state index is -0.918. The molecule has 2 aromatic rings. The van der Waals surface area contributed by atoms with Crippen molar-refractivity contribution in [3.63, 3.8) is 0 Å². The Morgan fingerprint density at radius 1 is 1.11 bits per heavy atom. The lowest BCUT2D eigenvalue weighted by atomic mass is 10.1. The molecule has 0 aliphatic rings. The maximum atomic E-state index is 14.1. The minimum Gasteiger partial charge on any atom is -0.451 e. The van der Waals surface area contributed by atoms with Crippen LogP contribution in [0.3, 0.4) is 0 Å². The highest BCUT2D eigenvalue weighted by Crippen LogP contribution is 2.31. The molecule has 0 heterocycles. The van der Waals surface area contributed by atoms with Crippen LogP contribution >= 0.6 is 0 Å². The Hall–Kier alpha value is -1.98. The molecule has 0 aliphatic carbocycles. The number of nitrogens with two attached hydrogens (primary N) is 1. The van der Waals surface area contributed by atoms with Crippen LogP contribution < -0.4 is 10.5 Å². The van der Waals surface area contributed by atoms with E-state index < -0.39 is 30.0 Å². The summed E-state index contributed by atoms with van der Waals surface area (Å²) in [7, 11) is 0. The predicted molar refractivity (Wildman–Crippen MR) is 66.9 cm³/mol. The van der Waals surface area contributed by atoms with Crippen molar-refractivity contribution in [2.45, 2.75) is 6.04 Å². The summed E-state index contributed by atoms with van der Waals surface area (Å²) in [5.74, 6) is -1.93. The fourth-order valence-electron chi connectivity index (χ4n) is 1.63. The molecule has 1 unspecified atom stereocenters. The zero-order valence-electron chi connectivity index (χ0n) is 10.0. The molecule has 0 aliphatic heterocycles. The summed E-state index contributed by atoms with van der Waals surface area (Å²) in [5, 5.41) is 8.94. The van der Waals surface area contributed by atoms with Crippen LogP contribution in [0.25, 0.3) is 0 Å². The predicted octanol–water partition coefficient (Wildman–Crippen LogP) is 2.75. The molecule has 1 atom stereocenters. The number of hydrogen-bond acceptors (Lipinski definition) is 3. The Balaban J connectivity index is 2.39. The fraction of sp³-hybridized carbons (Fsp3) is 0.143. The Morgan fingerprint density at radius 2 is 1.79 bits per heavy atom. The van der Waals surface area contributed by atoms with Gasteiger partial charge < -0.3 is 15.6 Å². The van der Waals surface area contributed by atoms with Gasteiger partial charge in [0.2, 0.25) is 0 Å². The van der Waals surface area contributed by atoms with Gasteiger partial charge in [-0.3, -0.25) is 0 Å². The quantitative estimate of drug-likeness (QED) is 0.893. The number of halogens is 2. The molecule has 0 bridgehead atoms. The molecule has 0 aromatic heterocycles. The highest BCUT2D eigenvalue weighted by atomic mass is 19.1. The average molecular weight is 265 g/mol. The first kappa shape index (κ1) is 13.5. The van der Waals surface area contributed by atoms with Crippen molar-refractivity contribution in [3.8, 4) is 11.5 Å². The summed E-state index contributed by atoms with van der Waals surface area (Å²) in [4.78, 5) is 0. The molecule has 3 N–H and O–H groups in total. The maximum absolute atomic E-state index is 14.1. The molecule has 0 fully saturated rings. The van der Waals surface area contributed by atoms with Crippen molar-refractivity contribution >= 4 is 0 Å². The summed E-state index contributed by atoms with van der Waals surface area (Å²) in [5.41, 5.74) is 5.55. The van der Waals surface area contributed by atoms with Crippen LogP contribution in [0.1, 0.15) is 11.6 Å². The van der Waals surface area contributed by atoms with Gasteiger partial charge in [0, 0.05) is 5.56 Å². The second-order valence-corrected chi connectivity index (χ2v) is 3.98. The first-order valence-electron chi connectivity index (χ1n) is 5.70. The van der Waals surface area contributed by atoms with Crippen LogP contribution in [-0.2, 0) is 0 Å². The number of aliphatic hydroxyl groups excluding tert-OH is 1. The van der Waals surface area contributed by atoms with Gasteiger partial charge in [0.15, 0.2) is 17.4 Å². The molecule has 100 valence electrons. The lowest BCUT2D eigenvalue weighted by Crippen LogP contribution is -2.16. The van der Waals surface area contributed by atoms with E-state index in [-0.39, 0.29) is 5.56 Å². The van der Waals surface area contributed by atoms with Crippen molar-refractivity contribution < 1.29 is 18.6 Å². The van der Waals surface area contributed by atoms with Crippen LogP contribution in [0, 0.1) is 11.6 Å². The Kier molecular flexibility index (Phi) is 4.09. The number of para-hydroxylation sites is 1. The molecule has 3 nitrogen and oxygen atoms in total. The van der Waals surface area contributed by atoms with E-state index in [1.54, 1.807) is 30.3 Å². The highest BCUT2D eigenvalue weighted by molar-refractivity contribution is 5.38. The van der Waals surface area contributed by atoms with Crippen LogP contribution in [0.15, 0.2) is 42.5 Å². The van der Waals surface area contributed by atoms with Crippen LogP contribution in [0.4, 0.5) is 8.78 Å². The molecule has 19 heavy (non-hydrogen) atoms. The molecule has 5 heteroatoms. The Labute approximate surface area is 109 Å². The highest BCUT2D eigenvalue weighted by Gasteiger charge is 2.19. The molecule has 2 rings (SSSR count). The van der Waals surface area contributed by atoms with E-state index >= 15 is 0 Å². The summed E-state index contributed by atoms with van der Waals surface area (Å²) in [6.07, 6.45) is 0. The molecule has 0 saturated carbocycles. The van der Waals surface area contributed by atoms with Crippen molar-refractivity contribution in [2.75, 3.05) is 6.61 Å². The second-order valence-electron chi connectivity index (χ2n) is 3.98. The standard InChI is InChI=1S/C14H13F2NO2/c15-11-7-6-10(12(17)8-18)13(16)14(11)19-9-4-2-1-3-5-9/h1-7,12,18H,8,17H2. The third-order valence-electron chi connectivity index (χ3n) is 2.64. The summed E-state index contributed by atoms with van der Waals surface area (Å²) < 4.78 is 32.9. The van der Waals surface area contributed by atoms with E-state index in [0.29, 0.717) is 5.75 Å². The van der Waals surface area contributed by atoms with Gasteiger partial charge in [0.25, 0.3) is 0 Å². The molecule has 0 amide bonds. The molecule has 0 radical (unpaired) electrons. The number of benzene rings is 2. The van der Waals surface area contributed by atoms with E-state index in [0.717, 1.165) is 6.07 Å². The normalized spacial score (nSPS) is 12.2. The van der Waals surface area contributed by atoms with Gasteiger partial charge in [-0.1, -0.05) is 24.3 Å². The third kappa shape index (κ3) is 2.89. The summed E-state index contributed by atoms with van der Waals surface area (Å²) in [6, 6.07) is 9.64. The average Bonchev–Trinajstić information content (AvgIpc) is 2.44. The largest absolute Gasteiger partial charge is 0.451 e. The van der Waals surface area contributed by atoms with E-state index in [9.17, 15) is 8.78 Å². The lowest BCUT2D eigenvalue weighted by Gasteiger charge is -2.14. The second kappa shape index (κ2) is 5.77. The van der Waals surface area contributed by atoms with E-state index in [1.807, 2.05) is 0 Å². The monoisotopic (exact) mass is 265 g/mol. The summed E-state index contributed by atoms with van der Waals surface area (Å²) in [6.45, 7) is -0.437. The van der Waals surface area contributed by atoms with Gasteiger partial charge in [0.1, 0.15) is 5.75 Å². The van der Waals surface area contributed by atoms with E-state index in [4.69, 9.17) is 15.6 Å². The van der Waals surface area contributed by atoms with Crippen LogP contribution in [-0.4, -0.2) is 11.7 Å². The smallest absolute Gasteiger partial charge is 0.198 e. The molecular weight excluding hydrogens is 252 g/mol. The van der Waals surface area contributed by atoms with Gasteiger partial charge in [-0.05, 0) is 18.2 Å². The first-order chi connectivity index (χ1) is 9.13. The molecular formula is C14H13F2NO2. The lowest BCUT2D eigenvalue weighted by molar-refractivity contribution is 0.264. The zero-order chi connectivity index (χ0) is 13.8. The van der Waals surface area contributed by atoms with Gasteiger partial charge in [-0.2, -0.15) is 0 Å². The Bertz CT molecular complexity index is 561. The van der Waals surface area contributed by atoms with Gasteiger partial charge in [-0.25, -0.2) is 8.78 Å². The number of aliphatic hydroxyl groups is 1. The zero-order valence-corrected chi connectivity index (χ0v) is 10.0. The third-order valence-corrected chi connectivity index (χ3v) is 2.64. The summed E-state index contributed by atoms with van der Waals surface area (Å²) >= 11 is 0. The van der Waals surface area contributed by atoms with Gasteiger partial charge in [-0.15, -0.1) is 0 Å².